The second kappa shape index (κ2) is 7.83. The Bertz CT molecular complexity index is 424. The number of carbonyl (C=O) groups excluding carboxylic acids is 1. The number of hydrogen-bond donors (Lipinski definition) is 2. The van der Waals surface area contributed by atoms with E-state index in [1.54, 1.807) is 25.3 Å². The third kappa shape index (κ3) is 4.94. The van der Waals surface area contributed by atoms with E-state index in [1.165, 1.54) is 14.2 Å². The minimum Gasteiger partial charge on any atom is -0.497 e. The van der Waals surface area contributed by atoms with Gasteiger partial charge in [0.1, 0.15) is 5.75 Å². The molecular formula is C12H17ClN2O4. The standard InChI is InChI=1S/C12H17ClN2O4/c1-17-8-4-5-10(9(13)6-8)15-12(16)14-7-11(18-2)19-3/h4-6,11H,7H2,1-3H3,(H2,14,15,16). The molecule has 6 nitrogen and oxygen atoms in total. The fourth-order valence-electron chi connectivity index (χ4n) is 1.33. The maximum atomic E-state index is 11.6. The maximum absolute atomic E-state index is 11.6. The Kier molecular flexibility index (Phi) is 6.41. The van der Waals surface area contributed by atoms with Gasteiger partial charge in [-0.3, -0.25) is 0 Å². The van der Waals surface area contributed by atoms with E-state index in [0.717, 1.165) is 0 Å². The van der Waals surface area contributed by atoms with E-state index in [0.29, 0.717) is 16.5 Å². The number of benzene rings is 1. The number of urea groups is 1. The van der Waals surface area contributed by atoms with Gasteiger partial charge in [-0.05, 0) is 12.1 Å². The van der Waals surface area contributed by atoms with E-state index in [4.69, 9.17) is 25.8 Å². The molecule has 0 spiro atoms. The van der Waals surface area contributed by atoms with E-state index < -0.39 is 12.3 Å². The molecule has 1 aromatic carbocycles. The zero-order valence-corrected chi connectivity index (χ0v) is 11.8. The monoisotopic (exact) mass is 288 g/mol. The van der Waals surface area contributed by atoms with Crippen LogP contribution in [0, 0.1) is 0 Å². The van der Waals surface area contributed by atoms with Crippen molar-refractivity contribution in [2.75, 3.05) is 33.2 Å². The summed E-state index contributed by atoms with van der Waals surface area (Å²) in [5, 5.41) is 5.61. The third-order valence-electron chi connectivity index (χ3n) is 2.38. The van der Waals surface area contributed by atoms with E-state index in [1.807, 2.05) is 0 Å². The van der Waals surface area contributed by atoms with Crippen LogP contribution in [-0.2, 0) is 9.47 Å². The highest BCUT2D eigenvalue weighted by molar-refractivity contribution is 6.33. The Labute approximate surface area is 117 Å². The molecule has 7 heteroatoms. The van der Waals surface area contributed by atoms with Crippen molar-refractivity contribution in [3.63, 3.8) is 0 Å². The van der Waals surface area contributed by atoms with Crippen molar-refractivity contribution in [1.29, 1.82) is 0 Å². The van der Waals surface area contributed by atoms with Gasteiger partial charge in [0.2, 0.25) is 0 Å². The average Bonchev–Trinajstić information content (AvgIpc) is 2.42. The number of rotatable bonds is 6. The molecule has 0 bridgehead atoms. The Hall–Kier alpha value is -1.50. The average molecular weight is 289 g/mol. The van der Waals surface area contributed by atoms with E-state index in [-0.39, 0.29) is 6.54 Å². The number of methoxy groups -OCH3 is 3. The summed E-state index contributed by atoms with van der Waals surface area (Å²) in [6.45, 7) is 0.229. The van der Waals surface area contributed by atoms with Crippen molar-refractivity contribution >= 4 is 23.3 Å². The molecule has 0 unspecified atom stereocenters. The molecule has 0 saturated carbocycles. The van der Waals surface area contributed by atoms with Crippen molar-refractivity contribution in [2.24, 2.45) is 0 Å². The first-order valence-corrected chi connectivity index (χ1v) is 5.92. The predicted molar refractivity (Wildman–Crippen MR) is 72.8 cm³/mol. The van der Waals surface area contributed by atoms with E-state index >= 15 is 0 Å². The summed E-state index contributed by atoms with van der Waals surface area (Å²) in [5.41, 5.74) is 0.492. The van der Waals surface area contributed by atoms with Gasteiger partial charge in [0.05, 0.1) is 24.4 Å². The van der Waals surface area contributed by atoms with Crippen LogP contribution in [-0.4, -0.2) is 40.2 Å². The molecule has 2 N–H and O–H groups in total. The van der Waals surface area contributed by atoms with Gasteiger partial charge >= 0.3 is 6.03 Å². The molecule has 0 fully saturated rings. The molecule has 0 heterocycles. The van der Waals surface area contributed by atoms with E-state index in [9.17, 15) is 4.79 Å². The normalized spacial score (nSPS) is 10.4. The highest BCUT2D eigenvalue weighted by Crippen LogP contribution is 2.26. The summed E-state index contributed by atoms with van der Waals surface area (Å²) in [7, 11) is 4.53. The lowest BCUT2D eigenvalue weighted by molar-refractivity contribution is -0.0970. The zero-order valence-electron chi connectivity index (χ0n) is 11.0. The molecule has 1 aromatic rings. The van der Waals surface area contributed by atoms with Crippen molar-refractivity contribution in [3.05, 3.63) is 23.2 Å². The largest absolute Gasteiger partial charge is 0.497 e. The SMILES string of the molecule is COc1ccc(NC(=O)NCC(OC)OC)c(Cl)c1. The Morgan fingerprint density at radius 2 is 2.00 bits per heavy atom. The van der Waals surface area contributed by atoms with Crippen LogP contribution in [0.2, 0.25) is 5.02 Å². The van der Waals surface area contributed by atoms with E-state index in [2.05, 4.69) is 10.6 Å². The fraction of sp³-hybridized carbons (Fsp3) is 0.417. The number of amides is 2. The Morgan fingerprint density at radius 3 is 2.53 bits per heavy atom. The summed E-state index contributed by atoms with van der Waals surface area (Å²) < 4.78 is 14.9. The minimum atomic E-state index is -0.489. The molecule has 1 rings (SSSR count). The van der Waals surface area contributed by atoms with Crippen LogP contribution in [0.25, 0.3) is 0 Å². The highest BCUT2D eigenvalue weighted by Gasteiger charge is 2.09. The van der Waals surface area contributed by atoms with Crippen molar-refractivity contribution < 1.29 is 19.0 Å². The summed E-state index contributed by atoms with van der Waals surface area (Å²) in [5.74, 6) is 0.620. The minimum absolute atomic E-state index is 0.229. The molecule has 0 aliphatic carbocycles. The van der Waals surface area contributed by atoms with Gasteiger partial charge in [0, 0.05) is 20.3 Å². The second-order valence-electron chi connectivity index (χ2n) is 3.58. The predicted octanol–water partition coefficient (Wildman–Crippen LogP) is 2.09. The second-order valence-corrected chi connectivity index (χ2v) is 3.99. The van der Waals surface area contributed by atoms with Gasteiger partial charge < -0.3 is 24.8 Å². The lowest BCUT2D eigenvalue weighted by Gasteiger charge is -2.15. The van der Waals surface area contributed by atoms with Gasteiger partial charge in [-0.1, -0.05) is 11.6 Å². The van der Waals surface area contributed by atoms with Crippen LogP contribution in [0.1, 0.15) is 0 Å². The molecule has 0 atom stereocenters. The zero-order chi connectivity index (χ0) is 14.3. The number of hydrogen-bond acceptors (Lipinski definition) is 4. The first kappa shape index (κ1) is 15.6. The molecular weight excluding hydrogens is 272 g/mol. The quantitative estimate of drug-likeness (QED) is 0.787. The lowest BCUT2D eigenvalue weighted by atomic mass is 10.3. The molecule has 0 aliphatic heterocycles. The van der Waals surface area contributed by atoms with Gasteiger partial charge in [-0.2, -0.15) is 0 Å². The topological polar surface area (TPSA) is 68.8 Å². The maximum Gasteiger partial charge on any atom is 0.319 e. The molecule has 2 amide bonds. The third-order valence-corrected chi connectivity index (χ3v) is 2.69. The molecule has 106 valence electrons. The number of halogens is 1. The number of ether oxygens (including phenoxy) is 3. The fourth-order valence-corrected chi connectivity index (χ4v) is 1.55. The first-order chi connectivity index (χ1) is 9.10. The molecule has 0 aromatic heterocycles. The highest BCUT2D eigenvalue weighted by atomic mass is 35.5. The van der Waals surface area contributed by atoms with Crippen molar-refractivity contribution in [3.8, 4) is 5.75 Å². The van der Waals surface area contributed by atoms with Crippen LogP contribution >= 0.6 is 11.6 Å². The summed E-state index contributed by atoms with van der Waals surface area (Å²) >= 11 is 6.00. The Balaban J connectivity index is 2.52. The molecule has 19 heavy (non-hydrogen) atoms. The van der Waals surface area contributed by atoms with Gasteiger partial charge in [-0.25, -0.2) is 4.79 Å². The Morgan fingerprint density at radius 1 is 1.32 bits per heavy atom. The lowest BCUT2D eigenvalue weighted by Crippen LogP contribution is -2.36. The first-order valence-electron chi connectivity index (χ1n) is 5.54. The molecule has 0 radical (unpaired) electrons. The number of anilines is 1. The van der Waals surface area contributed by atoms with Gasteiger partial charge in [0.15, 0.2) is 6.29 Å². The van der Waals surface area contributed by atoms with Crippen LogP contribution < -0.4 is 15.4 Å². The van der Waals surface area contributed by atoms with Gasteiger partial charge in [0.25, 0.3) is 0 Å². The summed E-state index contributed by atoms with van der Waals surface area (Å²) in [6.07, 6.45) is -0.489. The smallest absolute Gasteiger partial charge is 0.319 e. The van der Waals surface area contributed by atoms with Crippen LogP contribution in [0.15, 0.2) is 18.2 Å². The molecule has 0 saturated heterocycles. The van der Waals surface area contributed by atoms with Crippen LogP contribution in [0.4, 0.5) is 10.5 Å². The summed E-state index contributed by atoms with van der Waals surface area (Å²) in [6, 6.07) is 4.58. The number of nitrogens with one attached hydrogen (secondary N) is 2. The van der Waals surface area contributed by atoms with Crippen molar-refractivity contribution in [1.82, 2.24) is 5.32 Å². The van der Waals surface area contributed by atoms with Crippen molar-refractivity contribution in [2.45, 2.75) is 6.29 Å². The molecule has 0 aliphatic rings. The van der Waals surface area contributed by atoms with Crippen LogP contribution in [0.5, 0.6) is 5.75 Å². The summed E-state index contributed by atoms with van der Waals surface area (Å²) in [4.78, 5) is 11.6. The van der Waals surface area contributed by atoms with Gasteiger partial charge in [-0.15, -0.1) is 0 Å². The number of carbonyl (C=O) groups is 1. The van der Waals surface area contributed by atoms with Crippen LogP contribution in [0.3, 0.4) is 0 Å².